The average Bonchev–Trinajstić information content (AvgIpc) is 1.89. The van der Waals surface area contributed by atoms with E-state index in [2.05, 4.69) is 0 Å². The SMILES string of the molecule is CCOC(=O)C(C)(N)CC.Cl. The van der Waals surface area contributed by atoms with Crippen molar-refractivity contribution in [1.82, 2.24) is 0 Å². The summed E-state index contributed by atoms with van der Waals surface area (Å²) in [6, 6.07) is 0. The maximum atomic E-state index is 10.9. The molecule has 2 N–H and O–H groups in total. The molecule has 0 aliphatic heterocycles. The van der Waals surface area contributed by atoms with E-state index in [1.54, 1.807) is 13.8 Å². The molecule has 0 spiro atoms. The molecule has 0 aromatic heterocycles. The molecule has 0 rings (SSSR count). The Morgan fingerprint density at radius 2 is 2.00 bits per heavy atom. The van der Waals surface area contributed by atoms with Crippen molar-refractivity contribution in [2.45, 2.75) is 32.7 Å². The minimum atomic E-state index is -0.810. The fourth-order valence-electron chi connectivity index (χ4n) is 0.440. The lowest BCUT2D eigenvalue weighted by molar-refractivity contribution is -0.149. The molecule has 0 heterocycles. The quantitative estimate of drug-likeness (QED) is 0.664. The summed E-state index contributed by atoms with van der Waals surface area (Å²) in [5.41, 5.74) is 4.76. The van der Waals surface area contributed by atoms with Gasteiger partial charge in [-0.05, 0) is 20.3 Å². The standard InChI is InChI=1S/C7H15NO2.ClH/c1-4-7(3,8)6(9)10-5-2;/h4-5,8H2,1-3H3;1H. The average molecular weight is 182 g/mol. The molecule has 0 saturated heterocycles. The van der Waals surface area contributed by atoms with Crippen molar-refractivity contribution in [3.05, 3.63) is 0 Å². The molecular formula is C7H16ClNO2. The van der Waals surface area contributed by atoms with E-state index in [9.17, 15) is 4.79 Å². The first-order chi connectivity index (χ1) is 4.54. The van der Waals surface area contributed by atoms with Gasteiger partial charge in [-0.1, -0.05) is 6.92 Å². The van der Waals surface area contributed by atoms with Gasteiger partial charge in [-0.25, -0.2) is 0 Å². The molecule has 0 amide bonds. The highest BCUT2D eigenvalue weighted by atomic mass is 35.5. The maximum Gasteiger partial charge on any atom is 0.325 e. The third-order valence-electron chi connectivity index (χ3n) is 1.48. The largest absolute Gasteiger partial charge is 0.465 e. The van der Waals surface area contributed by atoms with Crippen molar-refractivity contribution in [3.63, 3.8) is 0 Å². The third-order valence-corrected chi connectivity index (χ3v) is 1.48. The van der Waals surface area contributed by atoms with Crippen molar-refractivity contribution in [1.29, 1.82) is 0 Å². The molecule has 0 aromatic carbocycles. The highest BCUT2D eigenvalue weighted by Crippen LogP contribution is 2.06. The number of hydrogen-bond donors (Lipinski definition) is 1. The lowest BCUT2D eigenvalue weighted by atomic mass is 10.0. The minimum absolute atomic E-state index is 0. The van der Waals surface area contributed by atoms with Gasteiger partial charge in [0.15, 0.2) is 0 Å². The fourth-order valence-corrected chi connectivity index (χ4v) is 0.440. The maximum absolute atomic E-state index is 10.9. The monoisotopic (exact) mass is 181 g/mol. The van der Waals surface area contributed by atoms with Crippen LogP contribution in [0.15, 0.2) is 0 Å². The number of carbonyl (C=O) groups is 1. The van der Waals surface area contributed by atoms with Gasteiger partial charge in [0, 0.05) is 0 Å². The minimum Gasteiger partial charge on any atom is -0.465 e. The van der Waals surface area contributed by atoms with Gasteiger partial charge < -0.3 is 10.5 Å². The molecule has 68 valence electrons. The first-order valence-corrected chi connectivity index (χ1v) is 3.50. The van der Waals surface area contributed by atoms with Crippen molar-refractivity contribution < 1.29 is 9.53 Å². The summed E-state index contributed by atoms with van der Waals surface area (Å²) < 4.78 is 4.73. The molecule has 0 saturated carbocycles. The lowest BCUT2D eigenvalue weighted by Gasteiger charge is -2.19. The van der Waals surface area contributed by atoms with E-state index in [1.165, 1.54) is 0 Å². The zero-order valence-electron chi connectivity index (χ0n) is 7.22. The van der Waals surface area contributed by atoms with Crippen molar-refractivity contribution in [2.24, 2.45) is 5.73 Å². The molecular weight excluding hydrogens is 166 g/mol. The van der Waals surface area contributed by atoms with Crippen molar-refractivity contribution >= 4 is 18.4 Å². The van der Waals surface area contributed by atoms with E-state index in [4.69, 9.17) is 10.5 Å². The van der Waals surface area contributed by atoms with Crippen LogP contribution in [0.1, 0.15) is 27.2 Å². The summed E-state index contributed by atoms with van der Waals surface area (Å²) in [4.78, 5) is 10.9. The van der Waals surface area contributed by atoms with Gasteiger partial charge in [0.25, 0.3) is 0 Å². The molecule has 4 heteroatoms. The Labute approximate surface area is 73.7 Å². The van der Waals surface area contributed by atoms with E-state index >= 15 is 0 Å². The topological polar surface area (TPSA) is 52.3 Å². The Hall–Kier alpha value is -0.280. The molecule has 3 nitrogen and oxygen atoms in total. The highest BCUT2D eigenvalue weighted by molar-refractivity contribution is 5.85. The zero-order chi connectivity index (χ0) is 8.20. The molecule has 0 aliphatic carbocycles. The highest BCUT2D eigenvalue weighted by Gasteiger charge is 2.26. The summed E-state index contributed by atoms with van der Waals surface area (Å²) in [7, 11) is 0. The molecule has 1 unspecified atom stereocenters. The normalized spacial score (nSPS) is 14.5. The predicted octanol–water partition coefficient (Wildman–Crippen LogP) is 1.10. The first-order valence-electron chi connectivity index (χ1n) is 3.50. The van der Waals surface area contributed by atoms with Gasteiger partial charge in [0.1, 0.15) is 5.54 Å². The van der Waals surface area contributed by atoms with E-state index in [0.29, 0.717) is 13.0 Å². The van der Waals surface area contributed by atoms with E-state index in [0.717, 1.165) is 0 Å². The number of carbonyl (C=O) groups excluding carboxylic acids is 1. The van der Waals surface area contributed by atoms with Crippen LogP contribution in [0.5, 0.6) is 0 Å². The van der Waals surface area contributed by atoms with Crippen LogP contribution in [0.25, 0.3) is 0 Å². The van der Waals surface area contributed by atoms with Crippen LogP contribution < -0.4 is 5.73 Å². The number of esters is 1. The fraction of sp³-hybridized carbons (Fsp3) is 0.857. The summed E-state index contributed by atoms with van der Waals surface area (Å²) in [6.07, 6.45) is 0.603. The Morgan fingerprint density at radius 1 is 1.55 bits per heavy atom. The summed E-state index contributed by atoms with van der Waals surface area (Å²) in [5.74, 6) is -0.322. The summed E-state index contributed by atoms with van der Waals surface area (Å²) >= 11 is 0. The number of halogens is 1. The molecule has 0 aliphatic rings. The molecule has 0 bridgehead atoms. The summed E-state index contributed by atoms with van der Waals surface area (Å²) in [6.45, 7) is 5.69. The van der Waals surface area contributed by atoms with Gasteiger partial charge in [0.05, 0.1) is 6.61 Å². The molecule has 0 fully saturated rings. The second-order valence-electron chi connectivity index (χ2n) is 2.49. The van der Waals surface area contributed by atoms with Crippen molar-refractivity contribution in [2.75, 3.05) is 6.61 Å². The number of hydrogen-bond acceptors (Lipinski definition) is 3. The number of nitrogens with two attached hydrogens (primary N) is 1. The van der Waals surface area contributed by atoms with Gasteiger partial charge >= 0.3 is 5.97 Å². The van der Waals surface area contributed by atoms with E-state index in [-0.39, 0.29) is 18.4 Å². The van der Waals surface area contributed by atoms with Crippen LogP contribution in [0.2, 0.25) is 0 Å². The van der Waals surface area contributed by atoms with Crippen LogP contribution in [0, 0.1) is 0 Å². The van der Waals surface area contributed by atoms with Gasteiger partial charge in [-0.2, -0.15) is 0 Å². The van der Waals surface area contributed by atoms with Crippen LogP contribution in [0.4, 0.5) is 0 Å². The number of rotatable bonds is 3. The van der Waals surface area contributed by atoms with Crippen LogP contribution in [0.3, 0.4) is 0 Å². The predicted molar refractivity (Wildman–Crippen MR) is 46.8 cm³/mol. The second kappa shape index (κ2) is 5.38. The summed E-state index contributed by atoms with van der Waals surface area (Å²) in [5, 5.41) is 0. The molecule has 1 atom stereocenters. The van der Waals surface area contributed by atoms with Gasteiger partial charge in [-0.3, -0.25) is 4.79 Å². The van der Waals surface area contributed by atoms with E-state index < -0.39 is 5.54 Å². The number of ether oxygens (including phenoxy) is 1. The Balaban J connectivity index is 0. The Kier molecular flexibility index (Phi) is 6.52. The smallest absolute Gasteiger partial charge is 0.325 e. The second-order valence-corrected chi connectivity index (χ2v) is 2.49. The van der Waals surface area contributed by atoms with Crippen LogP contribution >= 0.6 is 12.4 Å². The van der Waals surface area contributed by atoms with Crippen LogP contribution in [-0.4, -0.2) is 18.1 Å². The Bertz CT molecular complexity index is 126. The van der Waals surface area contributed by atoms with Gasteiger partial charge in [-0.15, -0.1) is 12.4 Å². The molecule has 0 aromatic rings. The third kappa shape index (κ3) is 4.22. The molecule has 11 heavy (non-hydrogen) atoms. The molecule has 0 radical (unpaired) electrons. The first kappa shape index (κ1) is 13.3. The van der Waals surface area contributed by atoms with Crippen LogP contribution in [-0.2, 0) is 9.53 Å². The van der Waals surface area contributed by atoms with Crippen molar-refractivity contribution in [3.8, 4) is 0 Å². The van der Waals surface area contributed by atoms with Gasteiger partial charge in [0.2, 0.25) is 0 Å². The Morgan fingerprint density at radius 3 is 2.27 bits per heavy atom. The lowest BCUT2D eigenvalue weighted by Crippen LogP contribution is -2.45. The zero-order valence-corrected chi connectivity index (χ0v) is 8.03. The van der Waals surface area contributed by atoms with E-state index in [1.807, 2.05) is 6.92 Å².